The molecule has 1 aromatic heterocycles. The van der Waals surface area contributed by atoms with Crippen LogP contribution in [0.25, 0.3) is 0 Å². The van der Waals surface area contributed by atoms with Crippen molar-refractivity contribution in [1.82, 2.24) is 15.2 Å². The van der Waals surface area contributed by atoms with Gasteiger partial charge in [-0.1, -0.05) is 23.7 Å². The summed E-state index contributed by atoms with van der Waals surface area (Å²) in [6.07, 6.45) is 7.41. The molecule has 2 aromatic rings. The van der Waals surface area contributed by atoms with Gasteiger partial charge in [-0.15, -0.1) is 0 Å². The minimum Gasteiger partial charge on any atom is -0.481 e. The van der Waals surface area contributed by atoms with Gasteiger partial charge in [-0.05, 0) is 99.5 Å². The first-order chi connectivity index (χ1) is 18.3. The number of likely N-dealkylation sites (tertiary alicyclic amines) is 1. The highest BCUT2D eigenvalue weighted by Crippen LogP contribution is 2.57. The van der Waals surface area contributed by atoms with Crippen molar-refractivity contribution in [3.63, 3.8) is 0 Å². The molecule has 1 saturated heterocycles. The van der Waals surface area contributed by atoms with Crippen molar-refractivity contribution in [3.8, 4) is 5.75 Å². The molecule has 5 aliphatic rings. The molecule has 4 unspecified atom stereocenters. The maximum atomic E-state index is 13.5. The fourth-order valence-corrected chi connectivity index (χ4v) is 8.07. The highest BCUT2D eigenvalue weighted by Gasteiger charge is 2.57. The van der Waals surface area contributed by atoms with E-state index >= 15 is 0 Å². The van der Waals surface area contributed by atoms with Crippen LogP contribution in [0, 0.1) is 23.7 Å². The number of hydrogen-bond acceptors (Lipinski definition) is 5. The van der Waals surface area contributed by atoms with E-state index in [0.717, 1.165) is 56.3 Å². The van der Waals surface area contributed by atoms with E-state index in [1.807, 2.05) is 30.3 Å². The quantitative estimate of drug-likeness (QED) is 0.528. The molecule has 4 atom stereocenters. The molecule has 5 fully saturated rings. The highest BCUT2D eigenvalue weighted by atomic mass is 35.5. The van der Waals surface area contributed by atoms with Crippen LogP contribution in [0.15, 0.2) is 42.6 Å². The van der Waals surface area contributed by atoms with Gasteiger partial charge in [0.15, 0.2) is 6.10 Å². The second-order valence-electron chi connectivity index (χ2n) is 12.0. The third-order valence-electron chi connectivity index (χ3n) is 9.24. The van der Waals surface area contributed by atoms with Crippen LogP contribution in [0.4, 0.5) is 0 Å². The van der Waals surface area contributed by atoms with E-state index in [0.29, 0.717) is 47.5 Å². The standard InChI is InChI=1S/C30H36ClN3O4/c1-18(28(35)33-17-24-4-2-3-8-32-24)38-25-6-5-20(26(31)13-25)12-21-7-9-34(29(21)36)27-22-10-19-11-23(27)16-30(37,14-19)15-22/h2-6,8,13,18-19,21-23,27,37H,7,9-12,14-17H2,1H3,(H,33,35). The molecule has 0 radical (unpaired) electrons. The molecule has 2 heterocycles. The molecule has 1 aliphatic heterocycles. The lowest BCUT2D eigenvalue weighted by Crippen LogP contribution is -2.62. The van der Waals surface area contributed by atoms with Crippen LogP contribution < -0.4 is 10.1 Å². The van der Waals surface area contributed by atoms with Crippen molar-refractivity contribution in [1.29, 1.82) is 0 Å². The molecule has 202 valence electrons. The number of benzene rings is 1. The predicted molar refractivity (Wildman–Crippen MR) is 143 cm³/mol. The number of rotatable bonds is 8. The van der Waals surface area contributed by atoms with E-state index in [9.17, 15) is 14.7 Å². The van der Waals surface area contributed by atoms with Gasteiger partial charge in [0.25, 0.3) is 5.91 Å². The zero-order valence-electron chi connectivity index (χ0n) is 21.8. The van der Waals surface area contributed by atoms with Crippen LogP contribution in [-0.4, -0.2) is 51.1 Å². The molecule has 1 aromatic carbocycles. The molecule has 8 heteroatoms. The maximum absolute atomic E-state index is 13.5. The van der Waals surface area contributed by atoms with Crippen molar-refractivity contribution in [2.75, 3.05) is 6.54 Å². The molecule has 7 rings (SSSR count). The molecular formula is C30H36ClN3O4. The third-order valence-corrected chi connectivity index (χ3v) is 9.60. The molecular weight excluding hydrogens is 502 g/mol. The maximum Gasteiger partial charge on any atom is 0.261 e. The van der Waals surface area contributed by atoms with E-state index in [4.69, 9.17) is 16.3 Å². The van der Waals surface area contributed by atoms with Crippen LogP contribution in [0.3, 0.4) is 0 Å². The summed E-state index contributed by atoms with van der Waals surface area (Å²) in [6, 6.07) is 11.3. The van der Waals surface area contributed by atoms with Crippen molar-refractivity contribution in [3.05, 3.63) is 58.9 Å². The predicted octanol–water partition coefficient (Wildman–Crippen LogP) is 4.15. The number of pyridine rings is 1. The summed E-state index contributed by atoms with van der Waals surface area (Å²) in [5.74, 6) is 1.97. The lowest BCUT2D eigenvalue weighted by molar-refractivity contribution is -0.168. The van der Waals surface area contributed by atoms with E-state index in [2.05, 4.69) is 15.2 Å². The normalized spacial score (nSPS) is 32.4. The topological polar surface area (TPSA) is 91.8 Å². The number of aromatic nitrogens is 1. The van der Waals surface area contributed by atoms with Crippen LogP contribution in [0.5, 0.6) is 5.75 Å². The summed E-state index contributed by atoms with van der Waals surface area (Å²) in [5.41, 5.74) is 1.22. The fourth-order valence-electron chi connectivity index (χ4n) is 7.83. The lowest BCUT2D eigenvalue weighted by atomic mass is 9.52. The number of nitrogens with zero attached hydrogens (tertiary/aromatic N) is 2. The smallest absolute Gasteiger partial charge is 0.261 e. The number of carbonyl (C=O) groups excluding carboxylic acids is 2. The number of ether oxygens (including phenoxy) is 1. The van der Waals surface area contributed by atoms with Gasteiger partial charge in [-0.3, -0.25) is 14.6 Å². The van der Waals surface area contributed by atoms with Gasteiger partial charge in [-0.25, -0.2) is 0 Å². The van der Waals surface area contributed by atoms with Crippen LogP contribution in [-0.2, 0) is 22.6 Å². The van der Waals surface area contributed by atoms with Crippen molar-refractivity contribution in [2.24, 2.45) is 23.7 Å². The van der Waals surface area contributed by atoms with Gasteiger partial charge >= 0.3 is 0 Å². The summed E-state index contributed by atoms with van der Waals surface area (Å²) in [4.78, 5) is 32.3. The highest BCUT2D eigenvalue weighted by molar-refractivity contribution is 6.31. The first kappa shape index (κ1) is 25.6. The third kappa shape index (κ3) is 5.03. The van der Waals surface area contributed by atoms with Crippen LogP contribution >= 0.6 is 11.6 Å². The lowest BCUT2D eigenvalue weighted by Gasteiger charge is -2.59. The van der Waals surface area contributed by atoms with E-state index < -0.39 is 11.7 Å². The Balaban J connectivity index is 1.04. The van der Waals surface area contributed by atoms with Crippen LogP contribution in [0.2, 0.25) is 5.02 Å². The Labute approximate surface area is 228 Å². The van der Waals surface area contributed by atoms with Gasteiger partial charge in [0.05, 0.1) is 17.8 Å². The second kappa shape index (κ2) is 10.2. The minimum atomic E-state index is -0.690. The first-order valence-electron chi connectivity index (χ1n) is 13.9. The Bertz CT molecular complexity index is 1190. The Hall–Kier alpha value is -2.64. The second-order valence-corrected chi connectivity index (χ2v) is 12.4. The number of aliphatic hydroxyl groups is 1. The zero-order valence-corrected chi connectivity index (χ0v) is 22.6. The summed E-state index contributed by atoms with van der Waals surface area (Å²) in [6.45, 7) is 2.83. The van der Waals surface area contributed by atoms with Gasteiger partial charge in [0.2, 0.25) is 5.91 Å². The number of carbonyl (C=O) groups is 2. The van der Waals surface area contributed by atoms with Gasteiger partial charge < -0.3 is 20.1 Å². The number of nitrogens with one attached hydrogen (secondary N) is 1. The summed E-state index contributed by atoms with van der Waals surface area (Å²) in [5, 5.41) is 14.3. The van der Waals surface area contributed by atoms with E-state index in [-0.39, 0.29) is 17.7 Å². The van der Waals surface area contributed by atoms with E-state index in [1.165, 1.54) is 0 Å². The Morgan fingerprint density at radius 3 is 2.71 bits per heavy atom. The molecule has 4 aliphatic carbocycles. The first-order valence-corrected chi connectivity index (χ1v) is 14.3. The van der Waals surface area contributed by atoms with E-state index in [1.54, 1.807) is 19.2 Å². The molecule has 4 saturated carbocycles. The molecule has 7 nitrogen and oxygen atoms in total. The summed E-state index contributed by atoms with van der Waals surface area (Å²) in [7, 11) is 0. The fraction of sp³-hybridized carbons (Fsp3) is 0.567. The van der Waals surface area contributed by atoms with Gasteiger partial charge in [-0.2, -0.15) is 0 Å². The molecule has 0 spiro atoms. The largest absolute Gasteiger partial charge is 0.481 e. The minimum absolute atomic E-state index is 0.0733. The Kier molecular flexibility index (Phi) is 6.85. The number of amides is 2. The average molecular weight is 538 g/mol. The van der Waals surface area contributed by atoms with Crippen molar-refractivity contribution < 1.29 is 19.4 Å². The number of halogens is 1. The summed E-state index contributed by atoms with van der Waals surface area (Å²) >= 11 is 6.62. The zero-order chi connectivity index (χ0) is 26.4. The van der Waals surface area contributed by atoms with Gasteiger partial charge in [0.1, 0.15) is 5.75 Å². The van der Waals surface area contributed by atoms with Crippen molar-refractivity contribution >= 4 is 23.4 Å². The Morgan fingerprint density at radius 2 is 2.03 bits per heavy atom. The monoisotopic (exact) mass is 537 g/mol. The Morgan fingerprint density at radius 1 is 1.24 bits per heavy atom. The average Bonchev–Trinajstić information content (AvgIpc) is 3.23. The van der Waals surface area contributed by atoms with Gasteiger partial charge in [0, 0.05) is 29.7 Å². The molecule has 2 N–H and O–H groups in total. The molecule has 2 amide bonds. The summed E-state index contributed by atoms with van der Waals surface area (Å²) < 4.78 is 5.84. The molecule has 4 bridgehead atoms. The molecule has 38 heavy (non-hydrogen) atoms. The SMILES string of the molecule is CC(Oc1ccc(CC2CCN(C3C4CC5CC3CC(O)(C5)C4)C2=O)c(Cl)c1)C(=O)NCc1ccccn1. The van der Waals surface area contributed by atoms with Crippen molar-refractivity contribution in [2.45, 2.75) is 76.2 Å². The van der Waals surface area contributed by atoms with Crippen LogP contribution in [0.1, 0.15) is 56.7 Å². The number of hydrogen-bond donors (Lipinski definition) is 2.